The highest BCUT2D eigenvalue weighted by Crippen LogP contribution is 2.40. The van der Waals surface area contributed by atoms with Crippen molar-refractivity contribution < 1.29 is 13.9 Å². The number of carbonyl (C=O) groups excluding carboxylic acids is 1. The summed E-state index contributed by atoms with van der Waals surface area (Å²) in [4.78, 5) is 29.2. The molecule has 0 saturated carbocycles. The SMILES string of the molecule is Cc1c(-c2cc(C(=O)N=O)c3c(O[C@H]4CCCc5ccccc54)ccc(C)c3n2)oc2ccccc12. The number of ether oxygens (including phenoxy) is 1. The summed E-state index contributed by atoms with van der Waals surface area (Å²) < 4.78 is 12.7. The molecule has 0 radical (unpaired) electrons. The maximum atomic E-state index is 12.8. The third-order valence-electron chi connectivity index (χ3n) is 7.10. The number of fused-ring (bicyclic) bond motifs is 3. The van der Waals surface area contributed by atoms with E-state index >= 15 is 0 Å². The van der Waals surface area contributed by atoms with E-state index < -0.39 is 5.91 Å². The predicted molar refractivity (Wildman–Crippen MR) is 139 cm³/mol. The van der Waals surface area contributed by atoms with Crippen molar-refractivity contribution in [2.45, 2.75) is 39.2 Å². The Hall–Kier alpha value is -4.32. The van der Waals surface area contributed by atoms with Crippen molar-refractivity contribution in [1.29, 1.82) is 0 Å². The van der Waals surface area contributed by atoms with Gasteiger partial charge in [-0.2, -0.15) is 0 Å². The highest BCUT2D eigenvalue weighted by molar-refractivity contribution is 6.10. The van der Waals surface area contributed by atoms with Crippen LogP contribution in [0.5, 0.6) is 5.75 Å². The Labute approximate surface area is 207 Å². The first-order chi connectivity index (χ1) is 17.5. The van der Waals surface area contributed by atoms with Crippen LogP contribution in [0.15, 0.2) is 76.3 Å². The molecular formula is C30H24N2O4. The first-order valence-corrected chi connectivity index (χ1v) is 12.1. The fraction of sp³-hybridized carbons (Fsp3) is 0.200. The quantitative estimate of drug-likeness (QED) is 0.249. The van der Waals surface area contributed by atoms with Crippen molar-refractivity contribution >= 4 is 27.8 Å². The number of carbonyl (C=O) groups is 1. The topological polar surface area (TPSA) is 81.8 Å². The van der Waals surface area contributed by atoms with Crippen molar-refractivity contribution in [3.05, 3.63) is 99.5 Å². The highest BCUT2D eigenvalue weighted by atomic mass is 16.5. The molecule has 0 spiro atoms. The number of benzene rings is 3. The second-order valence-corrected chi connectivity index (χ2v) is 9.31. The summed E-state index contributed by atoms with van der Waals surface area (Å²) in [6, 6.07) is 21.4. The molecule has 1 amide bonds. The Balaban J connectivity index is 1.55. The van der Waals surface area contributed by atoms with Gasteiger partial charge in [0.05, 0.1) is 16.5 Å². The van der Waals surface area contributed by atoms with E-state index in [4.69, 9.17) is 14.1 Å². The van der Waals surface area contributed by atoms with Gasteiger partial charge >= 0.3 is 5.91 Å². The molecule has 0 unspecified atom stereocenters. The number of amides is 1. The number of rotatable bonds is 4. The van der Waals surface area contributed by atoms with Crippen LogP contribution in [0.1, 0.15) is 51.6 Å². The first kappa shape index (κ1) is 22.2. The zero-order valence-corrected chi connectivity index (χ0v) is 20.1. The Bertz CT molecular complexity index is 1670. The van der Waals surface area contributed by atoms with E-state index in [0.717, 1.165) is 46.9 Å². The van der Waals surface area contributed by atoms with E-state index in [2.05, 4.69) is 17.3 Å². The molecule has 1 aliphatic carbocycles. The fourth-order valence-corrected chi connectivity index (χ4v) is 5.28. The molecule has 0 saturated heterocycles. The minimum Gasteiger partial charge on any atom is -0.485 e. The molecule has 2 heterocycles. The van der Waals surface area contributed by atoms with Crippen LogP contribution in [0.25, 0.3) is 33.3 Å². The Morgan fingerprint density at radius 1 is 1.06 bits per heavy atom. The molecule has 2 aromatic heterocycles. The number of hydrogen-bond donors (Lipinski definition) is 0. The molecule has 1 atom stereocenters. The van der Waals surface area contributed by atoms with Gasteiger partial charge in [-0.3, -0.25) is 4.79 Å². The molecule has 36 heavy (non-hydrogen) atoms. The van der Waals surface area contributed by atoms with Crippen molar-refractivity contribution in [2.75, 3.05) is 0 Å². The van der Waals surface area contributed by atoms with Gasteiger partial charge in [0.25, 0.3) is 0 Å². The van der Waals surface area contributed by atoms with Gasteiger partial charge in [-0.05, 0) is 68.0 Å². The molecule has 0 aliphatic heterocycles. The number of para-hydroxylation sites is 1. The number of aromatic nitrogens is 1. The fourth-order valence-electron chi connectivity index (χ4n) is 5.28. The zero-order valence-electron chi connectivity index (χ0n) is 20.1. The molecular weight excluding hydrogens is 452 g/mol. The van der Waals surface area contributed by atoms with Gasteiger partial charge in [0.1, 0.15) is 23.1 Å². The van der Waals surface area contributed by atoms with Crippen LogP contribution in [0.2, 0.25) is 0 Å². The van der Waals surface area contributed by atoms with Crippen LogP contribution in [-0.2, 0) is 6.42 Å². The molecule has 0 N–H and O–H groups in total. The Morgan fingerprint density at radius 3 is 2.69 bits per heavy atom. The van der Waals surface area contributed by atoms with Crippen molar-refractivity contribution in [3.63, 3.8) is 0 Å². The number of pyridine rings is 1. The highest BCUT2D eigenvalue weighted by Gasteiger charge is 2.26. The van der Waals surface area contributed by atoms with Crippen molar-refractivity contribution in [2.24, 2.45) is 5.18 Å². The first-order valence-electron chi connectivity index (χ1n) is 12.1. The minimum atomic E-state index is -0.864. The van der Waals surface area contributed by atoms with E-state index in [1.54, 1.807) is 6.07 Å². The third-order valence-corrected chi connectivity index (χ3v) is 7.10. The lowest BCUT2D eigenvalue weighted by atomic mass is 9.89. The van der Waals surface area contributed by atoms with Crippen LogP contribution >= 0.6 is 0 Å². The summed E-state index contributed by atoms with van der Waals surface area (Å²) >= 11 is 0. The summed E-state index contributed by atoms with van der Waals surface area (Å²) in [6.07, 6.45) is 2.75. The monoisotopic (exact) mass is 476 g/mol. The largest absolute Gasteiger partial charge is 0.485 e. The maximum Gasteiger partial charge on any atom is 0.317 e. The van der Waals surface area contributed by atoms with Gasteiger partial charge in [-0.15, -0.1) is 4.91 Å². The number of aryl methyl sites for hydroxylation is 3. The summed E-state index contributed by atoms with van der Waals surface area (Å²) in [5, 5.41) is 4.23. The normalized spacial score (nSPS) is 15.1. The van der Waals surface area contributed by atoms with Crippen LogP contribution in [0.3, 0.4) is 0 Å². The zero-order chi connectivity index (χ0) is 24.8. The molecule has 6 heteroatoms. The Morgan fingerprint density at radius 2 is 1.86 bits per heavy atom. The van der Waals surface area contributed by atoms with Gasteiger partial charge < -0.3 is 9.15 Å². The third kappa shape index (κ3) is 3.57. The van der Waals surface area contributed by atoms with Crippen LogP contribution in [0.4, 0.5) is 0 Å². The van der Waals surface area contributed by atoms with E-state index in [1.807, 2.05) is 62.4 Å². The number of furan rings is 1. The lowest BCUT2D eigenvalue weighted by Gasteiger charge is -2.27. The molecule has 6 rings (SSSR count). The van der Waals surface area contributed by atoms with Gasteiger partial charge in [-0.1, -0.05) is 48.5 Å². The predicted octanol–water partition coefficient (Wildman–Crippen LogP) is 7.63. The van der Waals surface area contributed by atoms with Crippen LogP contribution in [0, 0.1) is 18.8 Å². The molecule has 5 aromatic rings. The van der Waals surface area contributed by atoms with E-state index in [9.17, 15) is 9.70 Å². The van der Waals surface area contributed by atoms with E-state index in [1.165, 1.54) is 5.56 Å². The van der Waals surface area contributed by atoms with Crippen molar-refractivity contribution in [3.8, 4) is 17.2 Å². The Kier molecular flexibility index (Phi) is 5.37. The summed E-state index contributed by atoms with van der Waals surface area (Å²) in [5.74, 6) is 0.214. The van der Waals surface area contributed by atoms with E-state index in [0.29, 0.717) is 28.1 Å². The average Bonchev–Trinajstić information content (AvgIpc) is 3.26. The summed E-state index contributed by atoms with van der Waals surface area (Å²) in [6.45, 7) is 3.88. The standard InChI is InChI=1S/C30H24N2O4/c1-17-14-15-26(35-25-13-7-9-19-8-3-4-11-21(19)25)27-22(30(33)32-34)16-23(31-28(17)27)29-18(2)20-10-5-6-12-24(20)36-29/h3-6,8,10-12,14-16,25H,7,9,13H2,1-2H3/t25-/m0/s1. The summed E-state index contributed by atoms with van der Waals surface area (Å²) in [7, 11) is 0. The lowest BCUT2D eigenvalue weighted by Crippen LogP contribution is -2.15. The van der Waals surface area contributed by atoms with Crippen LogP contribution < -0.4 is 4.74 Å². The smallest absolute Gasteiger partial charge is 0.317 e. The second-order valence-electron chi connectivity index (χ2n) is 9.31. The second kappa shape index (κ2) is 8.72. The van der Waals surface area contributed by atoms with Gasteiger partial charge in [-0.25, -0.2) is 4.98 Å². The molecule has 0 bridgehead atoms. The molecule has 0 fully saturated rings. The molecule has 178 valence electrons. The molecule has 3 aromatic carbocycles. The van der Waals surface area contributed by atoms with Gasteiger partial charge in [0.15, 0.2) is 5.76 Å². The average molecular weight is 477 g/mol. The van der Waals surface area contributed by atoms with Gasteiger partial charge in [0, 0.05) is 16.1 Å². The van der Waals surface area contributed by atoms with Crippen LogP contribution in [-0.4, -0.2) is 10.9 Å². The summed E-state index contributed by atoms with van der Waals surface area (Å²) in [5.41, 5.74) is 6.16. The van der Waals surface area contributed by atoms with Gasteiger partial charge in [0.2, 0.25) is 0 Å². The minimum absolute atomic E-state index is 0.148. The van der Waals surface area contributed by atoms with Crippen molar-refractivity contribution in [1.82, 2.24) is 4.98 Å². The van der Waals surface area contributed by atoms with E-state index in [-0.39, 0.29) is 11.7 Å². The number of nitrogens with zero attached hydrogens (tertiary/aromatic N) is 2. The molecule has 6 nitrogen and oxygen atoms in total. The lowest BCUT2D eigenvalue weighted by molar-refractivity contribution is 0.100. The number of nitroso groups, excluding NO2 is 1. The number of hydrogen-bond acceptors (Lipinski definition) is 5. The molecule has 1 aliphatic rings. The maximum absolute atomic E-state index is 12.8.